The van der Waals surface area contributed by atoms with E-state index in [9.17, 15) is 0 Å². The molecule has 0 bridgehead atoms. The van der Waals surface area contributed by atoms with Crippen LogP contribution in [0.2, 0.25) is 0 Å². The zero-order valence-corrected chi connectivity index (χ0v) is 32.3. The Balaban J connectivity index is 0.936. The zero-order valence-electron chi connectivity index (χ0n) is 32.3. The summed E-state index contributed by atoms with van der Waals surface area (Å²) in [6.45, 7) is 2.23. The van der Waals surface area contributed by atoms with Crippen LogP contribution >= 0.6 is 0 Å². The second-order valence-electron chi connectivity index (χ2n) is 16.1. The van der Waals surface area contributed by atoms with Gasteiger partial charge in [-0.1, -0.05) is 140 Å². The molecule has 3 unspecified atom stereocenters. The van der Waals surface area contributed by atoms with Gasteiger partial charge in [0.2, 0.25) is 0 Å². The number of fused-ring (bicyclic) bond motifs is 9. The van der Waals surface area contributed by atoms with Gasteiger partial charge in [-0.05, 0) is 113 Å². The molecule has 3 nitrogen and oxygen atoms in total. The number of rotatable bonds is 5. The van der Waals surface area contributed by atoms with Gasteiger partial charge in [-0.3, -0.25) is 0 Å². The fourth-order valence-electron chi connectivity index (χ4n) is 10.3. The summed E-state index contributed by atoms with van der Waals surface area (Å²) in [5.74, 6) is 0.260. The molecule has 12 rings (SSSR count). The molecule has 1 aromatic heterocycles. The maximum Gasteiger partial charge on any atom is 0.0632 e. The summed E-state index contributed by atoms with van der Waals surface area (Å²) in [5, 5.41) is 2.57. The van der Waals surface area contributed by atoms with Crippen LogP contribution in [0.4, 0.5) is 22.7 Å². The third-order valence-electron chi connectivity index (χ3n) is 12.9. The van der Waals surface area contributed by atoms with Crippen molar-refractivity contribution in [1.82, 2.24) is 4.57 Å². The topological polar surface area (TPSA) is 11.4 Å². The lowest BCUT2D eigenvalue weighted by molar-refractivity contribution is 0.744. The van der Waals surface area contributed by atoms with Gasteiger partial charge in [-0.15, -0.1) is 0 Å². The summed E-state index contributed by atoms with van der Waals surface area (Å²) in [6.07, 6.45) is 17.1. The molecular formula is C55H41N3. The van der Waals surface area contributed by atoms with Crippen LogP contribution in [0.15, 0.2) is 200 Å². The maximum absolute atomic E-state index is 2.58. The molecule has 2 aliphatic carbocycles. The first-order valence-corrected chi connectivity index (χ1v) is 20.5. The van der Waals surface area contributed by atoms with Crippen LogP contribution in [0.3, 0.4) is 0 Å². The van der Waals surface area contributed by atoms with E-state index in [4.69, 9.17) is 0 Å². The number of aromatic nitrogens is 1. The van der Waals surface area contributed by atoms with E-state index in [2.05, 4.69) is 222 Å². The number of para-hydroxylation sites is 2. The van der Waals surface area contributed by atoms with E-state index in [-0.39, 0.29) is 18.0 Å². The SMILES string of the molecule is Cc1cc(-c2ccccc2)ccc1-c1cccc(N2c3ccc(N4c5ccc(-n6c7ccccc7c7ccccc76)cc5C5C=CC=CC54)cc3C3=CC=CCC32)c1. The highest BCUT2D eigenvalue weighted by Crippen LogP contribution is 2.53. The lowest BCUT2D eigenvalue weighted by Gasteiger charge is -2.30. The lowest BCUT2D eigenvalue weighted by atomic mass is 9.91. The fourth-order valence-corrected chi connectivity index (χ4v) is 10.3. The molecule has 0 N–H and O–H groups in total. The standard InChI is InChI=1S/C55H41N3/c1-36-32-38(37-14-3-2-4-15-37)26-29-43(36)39-16-13-17-40(33-39)56-52-24-11-7-20-46(52)48-35-42(28-30-54(48)56)58-53-25-12-8-21-47(53)49-34-41(27-31-55(49)58)57-50-22-9-5-18-44(50)45-19-6-10-23-51(45)57/h2-23,25-35,47,52-53H,24H2,1H3. The van der Waals surface area contributed by atoms with Crippen molar-refractivity contribution in [3.8, 4) is 27.9 Å². The van der Waals surface area contributed by atoms with Gasteiger partial charge in [-0.2, -0.15) is 0 Å². The minimum absolute atomic E-state index is 0.202. The number of hydrogen-bond acceptors (Lipinski definition) is 2. The average molecular weight is 744 g/mol. The molecule has 0 saturated heterocycles. The number of anilines is 4. The minimum Gasteiger partial charge on any atom is -0.333 e. The van der Waals surface area contributed by atoms with Gasteiger partial charge in [0.15, 0.2) is 0 Å². The molecule has 2 aliphatic heterocycles. The van der Waals surface area contributed by atoms with Crippen LogP contribution in [0.25, 0.3) is 55.3 Å². The summed E-state index contributed by atoms with van der Waals surface area (Å²) in [4.78, 5) is 5.16. The third kappa shape index (κ3) is 4.99. The van der Waals surface area contributed by atoms with Crippen molar-refractivity contribution in [3.63, 3.8) is 0 Å². The summed E-state index contributed by atoms with van der Waals surface area (Å²) in [7, 11) is 0. The second-order valence-corrected chi connectivity index (χ2v) is 16.1. The summed E-state index contributed by atoms with van der Waals surface area (Å²) in [5.41, 5.74) is 19.1. The molecule has 0 spiro atoms. The van der Waals surface area contributed by atoms with Gasteiger partial charge in [0.05, 0.1) is 23.1 Å². The Hall–Kier alpha value is -7.10. The molecule has 3 atom stereocenters. The molecule has 4 aliphatic rings. The normalized spacial score (nSPS) is 18.7. The highest BCUT2D eigenvalue weighted by Gasteiger charge is 2.40. The number of aryl methyl sites for hydroxylation is 1. The van der Waals surface area contributed by atoms with Crippen molar-refractivity contribution >= 4 is 50.1 Å². The minimum atomic E-state index is 0.202. The summed E-state index contributed by atoms with van der Waals surface area (Å²) in [6, 6.07) is 59.0. The highest BCUT2D eigenvalue weighted by atomic mass is 15.2. The van der Waals surface area contributed by atoms with E-state index in [1.54, 1.807) is 0 Å². The van der Waals surface area contributed by atoms with Crippen molar-refractivity contribution in [2.24, 2.45) is 0 Å². The lowest BCUT2D eigenvalue weighted by Crippen LogP contribution is -2.28. The third-order valence-corrected chi connectivity index (χ3v) is 12.9. The molecule has 3 heteroatoms. The predicted molar refractivity (Wildman–Crippen MR) is 244 cm³/mol. The van der Waals surface area contributed by atoms with Crippen molar-refractivity contribution in [1.29, 1.82) is 0 Å². The first kappa shape index (κ1) is 33.1. The van der Waals surface area contributed by atoms with E-state index in [0.717, 1.165) is 6.42 Å². The van der Waals surface area contributed by atoms with E-state index in [1.165, 1.54) is 94.8 Å². The van der Waals surface area contributed by atoms with E-state index in [1.807, 2.05) is 0 Å². The first-order valence-electron chi connectivity index (χ1n) is 20.5. The van der Waals surface area contributed by atoms with E-state index < -0.39 is 0 Å². The van der Waals surface area contributed by atoms with Gasteiger partial charge >= 0.3 is 0 Å². The van der Waals surface area contributed by atoms with Crippen LogP contribution in [0, 0.1) is 6.92 Å². The maximum atomic E-state index is 2.58. The van der Waals surface area contributed by atoms with E-state index >= 15 is 0 Å². The average Bonchev–Trinajstić information content (AvgIpc) is 3.92. The monoisotopic (exact) mass is 743 g/mol. The first-order chi connectivity index (χ1) is 28.7. The number of hydrogen-bond donors (Lipinski definition) is 0. The second kappa shape index (κ2) is 13.0. The van der Waals surface area contributed by atoms with Gasteiger partial charge in [0, 0.05) is 50.7 Å². The Kier molecular flexibility index (Phi) is 7.40. The zero-order chi connectivity index (χ0) is 38.3. The molecule has 58 heavy (non-hydrogen) atoms. The Morgan fingerprint density at radius 1 is 0.500 bits per heavy atom. The van der Waals surface area contributed by atoms with Crippen molar-refractivity contribution in [3.05, 3.63) is 217 Å². The quantitative estimate of drug-likeness (QED) is 0.174. The number of allylic oxidation sites excluding steroid dienone is 4. The smallest absolute Gasteiger partial charge is 0.0632 e. The van der Waals surface area contributed by atoms with Crippen molar-refractivity contribution in [2.45, 2.75) is 31.3 Å². The van der Waals surface area contributed by atoms with Crippen LogP contribution in [0.1, 0.15) is 29.0 Å². The summed E-state index contributed by atoms with van der Waals surface area (Å²) >= 11 is 0. The Bertz CT molecular complexity index is 3030. The molecule has 0 amide bonds. The van der Waals surface area contributed by atoms with Gasteiger partial charge in [0.25, 0.3) is 0 Å². The Morgan fingerprint density at radius 2 is 1.22 bits per heavy atom. The highest BCUT2D eigenvalue weighted by molar-refractivity contribution is 6.09. The molecule has 7 aromatic carbocycles. The van der Waals surface area contributed by atoms with Gasteiger partial charge < -0.3 is 14.4 Å². The molecule has 276 valence electrons. The Morgan fingerprint density at radius 3 is 2.05 bits per heavy atom. The summed E-state index contributed by atoms with van der Waals surface area (Å²) < 4.78 is 2.44. The fraction of sp³-hybridized carbons (Fsp3) is 0.0909. The molecule has 0 saturated carbocycles. The van der Waals surface area contributed by atoms with Crippen LogP contribution in [0.5, 0.6) is 0 Å². The molecular weight excluding hydrogens is 703 g/mol. The van der Waals surface area contributed by atoms with E-state index in [0.29, 0.717) is 0 Å². The van der Waals surface area contributed by atoms with Crippen molar-refractivity contribution < 1.29 is 0 Å². The predicted octanol–water partition coefficient (Wildman–Crippen LogP) is 14.0. The van der Waals surface area contributed by atoms with Crippen molar-refractivity contribution in [2.75, 3.05) is 9.80 Å². The molecule has 3 heterocycles. The molecule has 8 aromatic rings. The molecule has 0 fully saturated rings. The van der Waals surface area contributed by atoms with Gasteiger partial charge in [-0.25, -0.2) is 0 Å². The molecule has 0 radical (unpaired) electrons. The largest absolute Gasteiger partial charge is 0.333 e. The number of nitrogens with zero attached hydrogens (tertiary/aromatic N) is 3. The van der Waals surface area contributed by atoms with Crippen LogP contribution < -0.4 is 9.80 Å². The van der Waals surface area contributed by atoms with Crippen LogP contribution in [-0.2, 0) is 0 Å². The Labute approximate surface area is 339 Å². The van der Waals surface area contributed by atoms with Crippen LogP contribution in [-0.4, -0.2) is 16.7 Å². The van der Waals surface area contributed by atoms with Gasteiger partial charge in [0.1, 0.15) is 0 Å². The number of benzene rings is 7.